The highest BCUT2D eigenvalue weighted by Gasteiger charge is 2.23. The Labute approximate surface area is 116 Å². The molecule has 1 atom stereocenters. The lowest BCUT2D eigenvalue weighted by Crippen LogP contribution is -2.39. The number of likely N-dealkylation sites (tertiary alicyclic amines) is 1. The van der Waals surface area contributed by atoms with E-state index in [4.69, 9.17) is 0 Å². The van der Waals surface area contributed by atoms with Crippen molar-refractivity contribution in [2.45, 2.75) is 19.8 Å². The monoisotopic (exact) mass is 275 g/mol. The molecule has 1 saturated heterocycles. The van der Waals surface area contributed by atoms with Gasteiger partial charge in [-0.1, -0.05) is 13.0 Å². The van der Waals surface area contributed by atoms with Crippen LogP contribution in [0.15, 0.2) is 23.6 Å². The Kier molecular flexibility index (Phi) is 3.38. The third-order valence-corrected chi connectivity index (χ3v) is 4.43. The van der Waals surface area contributed by atoms with E-state index < -0.39 is 0 Å². The lowest BCUT2D eigenvalue weighted by atomic mass is 10.00. The second-order valence-corrected chi connectivity index (χ2v) is 6.09. The Hall–Kier alpha value is -1.62. The first-order chi connectivity index (χ1) is 9.24. The van der Waals surface area contributed by atoms with Gasteiger partial charge >= 0.3 is 0 Å². The summed E-state index contributed by atoms with van der Waals surface area (Å²) in [6.45, 7) is 3.89. The summed E-state index contributed by atoms with van der Waals surface area (Å²) in [6, 6.07) is 5.87. The van der Waals surface area contributed by atoms with Crippen LogP contribution in [-0.2, 0) is 0 Å². The number of aromatic amines is 1. The van der Waals surface area contributed by atoms with E-state index in [2.05, 4.69) is 17.1 Å². The van der Waals surface area contributed by atoms with Crippen LogP contribution in [0.4, 0.5) is 0 Å². The minimum Gasteiger partial charge on any atom is -0.337 e. The number of amides is 1. The zero-order valence-corrected chi connectivity index (χ0v) is 11.7. The van der Waals surface area contributed by atoms with E-state index in [-0.39, 0.29) is 5.91 Å². The summed E-state index contributed by atoms with van der Waals surface area (Å²) < 4.78 is 0. The molecule has 1 amide bonds. The largest absolute Gasteiger partial charge is 0.337 e. The molecule has 19 heavy (non-hydrogen) atoms. The molecule has 3 rings (SSSR count). The maximum absolute atomic E-state index is 12.4. The highest BCUT2D eigenvalue weighted by molar-refractivity contribution is 7.13. The van der Waals surface area contributed by atoms with E-state index in [1.165, 1.54) is 6.42 Å². The lowest BCUT2D eigenvalue weighted by Gasteiger charge is -2.30. The number of hydrogen-bond donors (Lipinski definition) is 1. The van der Waals surface area contributed by atoms with Gasteiger partial charge in [0.15, 0.2) is 5.69 Å². The molecule has 0 bridgehead atoms. The number of piperidine rings is 1. The van der Waals surface area contributed by atoms with Crippen molar-refractivity contribution >= 4 is 17.2 Å². The topological polar surface area (TPSA) is 49.0 Å². The van der Waals surface area contributed by atoms with Gasteiger partial charge in [-0.3, -0.25) is 9.89 Å². The molecular formula is C14H17N3OS. The minimum absolute atomic E-state index is 0.0469. The Morgan fingerprint density at radius 2 is 2.47 bits per heavy atom. The van der Waals surface area contributed by atoms with Crippen LogP contribution in [0.1, 0.15) is 30.3 Å². The van der Waals surface area contributed by atoms with Crippen molar-refractivity contribution in [1.29, 1.82) is 0 Å². The van der Waals surface area contributed by atoms with Gasteiger partial charge in [-0.15, -0.1) is 11.3 Å². The summed E-state index contributed by atoms with van der Waals surface area (Å²) in [7, 11) is 0. The molecule has 1 unspecified atom stereocenters. The molecule has 1 N–H and O–H groups in total. The van der Waals surface area contributed by atoms with Crippen molar-refractivity contribution in [1.82, 2.24) is 15.1 Å². The van der Waals surface area contributed by atoms with Crippen LogP contribution in [0.25, 0.3) is 10.6 Å². The van der Waals surface area contributed by atoms with Gasteiger partial charge in [0.05, 0.1) is 10.6 Å². The Morgan fingerprint density at radius 1 is 1.58 bits per heavy atom. The van der Waals surface area contributed by atoms with Gasteiger partial charge in [0, 0.05) is 13.1 Å². The molecule has 0 radical (unpaired) electrons. The van der Waals surface area contributed by atoms with E-state index in [1.54, 1.807) is 11.3 Å². The summed E-state index contributed by atoms with van der Waals surface area (Å²) in [4.78, 5) is 15.4. The van der Waals surface area contributed by atoms with Gasteiger partial charge in [-0.25, -0.2) is 0 Å². The molecule has 100 valence electrons. The normalized spacial score (nSPS) is 19.6. The van der Waals surface area contributed by atoms with Gasteiger partial charge in [0.25, 0.3) is 5.91 Å². The van der Waals surface area contributed by atoms with Crippen molar-refractivity contribution in [3.63, 3.8) is 0 Å². The molecule has 1 aliphatic heterocycles. The Morgan fingerprint density at radius 3 is 3.21 bits per heavy atom. The van der Waals surface area contributed by atoms with E-state index in [0.29, 0.717) is 11.6 Å². The highest BCUT2D eigenvalue weighted by Crippen LogP contribution is 2.24. The molecule has 2 aromatic heterocycles. The lowest BCUT2D eigenvalue weighted by molar-refractivity contribution is 0.0677. The van der Waals surface area contributed by atoms with Crippen molar-refractivity contribution in [2.24, 2.45) is 5.92 Å². The molecule has 3 heterocycles. The maximum Gasteiger partial charge on any atom is 0.274 e. The van der Waals surface area contributed by atoms with Gasteiger partial charge in [0.1, 0.15) is 0 Å². The van der Waals surface area contributed by atoms with Crippen LogP contribution < -0.4 is 0 Å². The van der Waals surface area contributed by atoms with Gasteiger partial charge < -0.3 is 4.90 Å². The Balaban J connectivity index is 1.77. The maximum atomic E-state index is 12.4. The summed E-state index contributed by atoms with van der Waals surface area (Å²) in [5.74, 6) is 0.638. The summed E-state index contributed by atoms with van der Waals surface area (Å²) in [5, 5.41) is 9.13. The molecule has 0 spiro atoms. The quantitative estimate of drug-likeness (QED) is 0.916. The molecule has 2 aromatic rings. The molecule has 0 saturated carbocycles. The fraction of sp³-hybridized carbons (Fsp3) is 0.429. The van der Waals surface area contributed by atoms with Crippen molar-refractivity contribution in [3.8, 4) is 10.6 Å². The van der Waals surface area contributed by atoms with E-state index in [1.807, 2.05) is 28.5 Å². The number of hydrogen-bond acceptors (Lipinski definition) is 3. The average molecular weight is 275 g/mol. The second-order valence-electron chi connectivity index (χ2n) is 5.14. The van der Waals surface area contributed by atoms with E-state index >= 15 is 0 Å². The fourth-order valence-electron chi connectivity index (χ4n) is 2.53. The SMILES string of the molecule is CC1CCCN(C(=O)c2cc(-c3cccs3)[nH]n2)C1. The summed E-state index contributed by atoms with van der Waals surface area (Å²) >= 11 is 1.64. The number of carbonyl (C=O) groups excluding carboxylic acids is 1. The zero-order valence-electron chi connectivity index (χ0n) is 10.9. The first-order valence-electron chi connectivity index (χ1n) is 6.62. The molecule has 1 fully saturated rings. The number of aromatic nitrogens is 2. The number of rotatable bonds is 2. The van der Waals surface area contributed by atoms with Gasteiger partial charge in [0.2, 0.25) is 0 Å². The smallest absolute Gasteiger partial charge is 0.274 e. The number of thiophene rings is 1. The third-order valence-electron chi connectivity index (χ3n) is 3.53. The summed E-state index contributed by atoms with van der Waals surface area (Å²) in [5.41, 5.74) is 1.45. The molecule has 0 aromatic carbocycles. The third kappa shape index (κ3) is 2.56. The number of H-pyrrole nitrogens is 1. The Bertz CT molecular complexity index is 561. The number of nitrogens with one attached hydrogen (secondary N) is 1. The second kappa shape index (κ2) is 5.17. The average Bonchev–Trinajstić information content (AvgIpc) is 3.08. The van der Waals surface area contributed by atoms with Crippen molar-refractivity contribution in [2.75, 3.05) is 13.1 Å². The van der Waals surface area contributed by atoms with Crippen molar-refractivity contribution in [3.05, 3.63) is 29.3 Å². The fourth-order valence-corrected chi connectivity index (χ4v) is 3.22. The zero-order chi connectivity index (χ0) is 13.2. The molecule has 5 heteroatoms. The highest BCUT2D eigenvalue weighted by atomic mass is 32.1. The first-order valence-corrected chi connectivity index (χ1v) is 7.50. The number of carbonyl (C=O) groups is 1. The van der Waals surface area contributed by atoms with Crippen LogP contribution in [-0.4, -0.2) is 34.1 Å². The predicted molar refractivity (Wildman–Crippen MR) is 76.2 cm³/mol. The van der Waals surface area contributed by atoms with Crippen LogP contribution in [0.2, 0.25) is 0 Å². The van der Waals surface area contributed by atoms with E-state index in [9.17, 15) is 4.79 Å². The molecule has 4 nitrogen and oxygen atoms in total. The predicted octanol–water partition coefficient (Wildman–Crippen LogP) is 3.01. The van der Waals surface area contributed by atoms with Gasteiger partial charge in [-0.2, -0.15) is 5.10 Å². The minimum atomic E-state index is 0.0469. The first kappa shape index (κ1) is 12.4. The number of nitrogens with zero attached hydrogens (tertiary/aromatic N) is 2. The molecule has 0 aliphatic carbocycles. The van der Waals surface area contributed by atoms with Crippen molar-refractivity contribution < 1.29 is 4.79 Å². The van der Waals surface area contributed by atoms with E-state index in [0.717, 1.165) is 30.1 Å². The molecule has 1 aliphatic rings. The van der Waals surface area contributed by atoms with Crippen LogP contribution in [0.3, 0.4) is 0 Å². The summed E-state index contributed by atoms with van der Waals surface area (Å²) in [6.07, 6.45) is 2.31. The standard InChI is InChI=1S/C14H17N3OS/c1-10-4-2-6-17(9-10)14(18)12-8-11(15-16-12)13-5-3-7-19-13/h3,5,7-8,10H,2,4,6,9H2,1H3,(H,15,16). The van der Waals surface area contributed by atoms with Crippen LogP contribution in [0.5, 0.6) is 0 Å². The van der Waals surface area contributed by atoms with Crippen LogP contribution >= 0.6 is 11.3 Å². The molecular weight excluding hydrogens is 258 g/mol. The van der Waals surface area contributed by atoms with Gasteiger partial charge in [-0.05, 0) is 36.3 Å². The van der Waals surface area contributed by atoms with Crippen LogP contribution in [0, 0.1) is 5.92 Å².